The maximum absolute atomic E-state index is 9.51. The van der Waals surface area contributed by atoms with Crippen LogP contribution in [0, 0.1) is 6.92 Å². The Kier molecular flexibility index (Phi) is 4.30. The molecule has 2 aliphatic heterocycles. The Hall–Kier alpha value is -3.46. The molecule has 0 spiro atoms. The molecule has 0 atom stereocenters. The Bertz CT molecular complexity index is 1990. The first-order chi connectivity index (χ1) is 21.6. The maximum atomic E-state index is 9.51. The fourth-order valence-corrected chi connectivity index (χ4v) is 5.61. The average Bonchev–Trinajstić information content (AvgIpc) is 2.95. The predicted octanol–water partition coefficient (Wildman–Crippen LogP) is 8.29. The number of aryl methyl sites for hydroxylation is 1. The van der Waals surface area contributed by atoms with Gasteiger partial charge in [0.25, 0.3) is 6.71 Å². The lowest BCUT2D eigenvalue weighted by Crippen LogP contribution is -2.59. The molecular weight excluding hydrogens is 485 g/mol. The lowest BCUT2D eigenvalue weighted by Gasteiger charge is -2.41. The van der Waals surface area contributed by atoms with Crippen molar-refractivity contribution in [2.75, 3.05) is 4.90 Å². The molecular formula is C37H42BNO. The van der Waals surface area contributed by atoms with Crippen LogP contribution < -0.4 is 26.0 Å². The molecule has 2 aliphatic rings. The minimum atomic E-state index is -0.817. The van der Waals surface area contributed by atoms with E-state index in [4.69, 9.17) is 10.2 Å². The van der Waals surface area contributed by atoms with Gasteiger partial charge in [-0.05, 0) is 98.2 Å². The normalized spacial score (nSPS) is 16.8. The van der Waals surface area contributed by atoms with Crippen LogP contribution in [0.2, 0.25) is 0 Å². The van der Waals surface area contributed by atoms with Gasteiger partial charge in [-0.15, -0.1) is 0 Å². The van der Waals surface area contributed by atoms with E-state index in [0.717, 1.165) is 22.4 Å². The highest BCUT2D eigenvalue weighted by Gasteiger charge is 2.42. The lowest BCUT2D eigenvalue weighted by atomic mass is 9.34. The molecule has 0 aromatic heterocycles. The number of benzene rings is 4. The van der Waals surface area contributed by atoms with Crippen LogP contribution in [0.3, 0.4) is 0 Å². The molecule has 3 heteroatoms. The van der Waals surface area contributed by atoms with Crippen LogP contribution in [-0.2, 0) is 16.2 Å². The highest BCUT2D eigenvalue weighted by molar-refractivity contribution is 6.99. The summed E-state index contributed by atoms with van der Waals surface area (Å²) in [5.41, 5.74) is 5.60. The third-order valence-electron chi connectivity index (χ3n) is 7.97. The monoisotopic (exact) mass is 534 g/mol. The van der Waals surface area contributed by atoms with Gasteiger partial charge in [-0.3, -0.25) is 0 Å². The topological polar surface area (TPSA) is 12.5 Å². The van der Waals surface area contributed by atoms with Gasteiger partial charge in [-0.25, -0.2) is 0 Å². The molecule has 204 valence electrons. The molecule has 0 radical (unpaired) electrons. The zero-order valence-corrected chi connectivity index (χ0v) is 25.3. The number of anilines is 3. The van der Waals surface area contributed by atoms with E-state index in [9.17, 15) is 4.11 Å². The van der Waals surface area contributed by atoms with Gasteiger partial charge in [0.05, 0.1) is 9.60 Å². The first kappa shape index (κ1) is 19.6. The number of hydrogen-bond acceptors (Lipinski definition) is 2. The average molecular weight is 535 g/mol. The first-order valence-corrected chi connectivity index (χ1v) is 14.1. The minimum absolute atomic E-state index is 0.0623. The standard InChI is InChI=1S/C37H42BNO/c1-23-17-31-34-33(18-23)40-32-16-15-24(35(2,3)4)22-29(32)38(34)28-13-11-12-14-30(28)39(31)27-20-25(36(5,6)7)19-26(21-27)37(8,9)10/h11-22H,1-10H3/i11D,12D,13D,14D,15D,16D,22D. The van der Waals surface area contributed by atoms with Crippen LogP contribution >= 0.6 is 0 Å². The van der Waals surface area contributed by atoms with E-state index >= 15 is 0 Å². The molecule has 0 saturated heterocycles. The van der Waals surface area contributed by atoms with Crippen molar-refractivity contribution in [1.82, 2.24) is 0 Å². The van der Waals surface area contributed by atoms with Crippen LogP contribution in [-0.4, -0.2) is 6.71 Å². The highest BCUT2D eigenvalue weighted by Crippen LogP contribution is 2.44. The quantitative estimate of drug-likeness (QED) is 0.197. The van der Waals surface area contributed by atoms with E-state index in [-0.39, 0.29) is 58.9 Å². The van der Waals surface area contributed by atoms with Crippen molar-refractivity contribution < 1.29 is 14.3 Å². The molecule has 0 unspecified atom stereocenters. The van der Waals surface area contributed by atoms with E-state index < -0.39 is 12.1 Å². The Morgan fingerprint density at radius 3 is 1.90 bits per heavy atom. The van der Waals surface area contributed by atoms with E-state index in [0.29, 0.717) is 39.1 Å². The molecule has 40 heavy (non-hydrogen) atoms. The predicted molar refractivity (Wildman–Crippen MR) is 173 cm³/mol. The third kappa shape index (κ3) is 4.35. The summed E-state index contributed by atoms with van der Waals surface area (Å²) in [5, 5.41) is 0. The van der Waals surface area contributed by atoms with Gasteiger partial charge in [-0.2, -0.15) is 0 Å². The Morgan fingerprint density at radius 1 is 0.650 bits per heavy atom. The van der Waals surface area contributed by atoms with E-state index in [1.165, 1.54) is 0 Å². The van der Waals surface area contributed by atoms with Crippen molar-refractivity contribution in [3.05, 3.63) is 94.9 Å². The molecule has 6 rings (SSSR count). The molecule has 2 heterocycles. The van der Waals surface area contributed by atoms with Crippen LogP contribution in [0.1, 0.15) is 94.2 Å². The van der Waals surface area contributed by atoms with Crippen molar-refractivity contribution in [2.24, 2.45) is 0 Å². The zero-order valence-electron chi connectivity index (χ0n) is 32.3. The fraction of sp³-hybridized carbons (Fsp3) is 0.351. The number of nitrogens with zero attached hydrogens (tertiary/aromatic N) is 1. The summed E-state index contributed by atoms with van der Waals surface area (Å²) < 4.78 is 70.2. The number of para-hydroxylation sites is 1. The molecule has 0 fully saturated rings. The molecule has 4 aromatic rings. The SMILES string of the molecule is [2H]c1c([2H])c([2H])c2c(c1[2H])B1c3c(cc(C)cc3N2c2cc(C(C)(C)C)cc(C(C)(C)C)c2)Oc2c([2H])c([2H])c(C(C)(C)C)c([2H])c21. The summed E-state index contributed by atoms with van der Waals surface area (Å²) in [6, 6.07) is 9.12. The van der Waals surface area contributed by atoms with Gasteiger partial charge in [-0.1, -0.05) is 98.6 Å². The Labute approximate surface area is 251 Å². The fourth-order valence-electron chi connectivity index (χ4n) is 5.61. The maximum Gasteiger partial charge on any atom is 0.256 e. The molecule has 4 aromatic carbocycles. The van der Waals surface area contributed by atoms with Crippen molar-refractivity contribution in [2.45, 2.75) is 85.5 Å². The summed E-state index contributed by atoms with van der Waals surface area (Å²) in [5.74, 6) is 0.554. The molecule has 2 nitrogen and oxygen atoms in total. The van der Waals surface area contributed by atoms with E-state index in [1.54, 1.807) is 0 Å². The second-order valence-corrected chi connectivity index (χ2v) is 14.3. The summed E-state index contributed by atoms with van der Waals surface area (Å²) in [4.78, 5) is 1.95. The van der Waals surface area contributed by atoms with Gasteiger partial charge < -0.3 is 9.64 Å². The van der Waals surface area contributed by atoms with Crippen molar-refractivity contribution in [3.63, 3.8) is 0 Å². The first-order valence-electron chi connectivity index (χ1n) is 17.6. The summed E-state index contributed by atoms with van der Waals surface area (Å²) >= 11 is 0. The van der Waals surface area contributed by atoms with E-state index in [2.05, 4.69) is 59.7 Å². The molecule has 0 bridgehead atoms. The number of ether oxygens (including phenoxy) is 1. The van der Waals surface area contributed by atoms with Crippen LogP contribution in [0.5, 0.6) is 11.5 Å². The number of hydrogen-bond donors (Lipinski definition) is 0. The zero-order chi connectivity index (χ0) is 34.9. The van der Waals surface area contributed by atoms with Gasteiger partial charge in [0.2, 0.25) is 0 Å². The summed E-state index contributed by atoms with van der Waals surface area (Å²) in [6.07, 6.45) is 0. The van der Waals surface area contributed by atoms with Crippen molar-refractivity contribution in [1.29, 1.82) is 0 Å². The van der Waals surface area contributed by atoms with Gasteiger partial charge in [0, 0.05) is 17.1 Å². The van der Waals surface area contributed by atoms with Crippen LogP contribution in [0.4, 0.5) is 17.1 Å². The number of rotatable bonds is 1. The third-order valence-corrected chi connectivity index (χ3v) is 7.97. The Balaban J connectivity index is 1.82. The number of fused-ring (bicyclic) bond motifs is 4. The van der Waals surface area contributed by atoms with Crippen LogP contribution in [0.15, 0.2) is 72.6 Å². The minimum Gasteiger partial charge on any atom is -0.458 e. The van der Waals surface area contributed by atoms with Crippen LogP contribution in [0.25, 0.3) is 0 Å². The summed E-state index contributed by atoms with van der Waals surface area (Å²) in [6.45, 7) is 19.8. The molecule has 0 aliphatic carbocycles. The van der Waals surface area contributed by atoms with Crippen molar-refractivity contribution >= 4 is 40.2 Å². The molecule has 0 saturated carbocycles. The summed E-state index contributed by atoms with van der Waals surface area (Å²) in [7, 11) is 0. The molecule has 0 N–H and O–H groups in total. The lowest BCUT2D eigenvalue weighted by molar-refractivity contribution is 0.486. The van der Waals surface area contributed by atoms with Gasteiger partial charge >= 0.3 is 0 Å². The van der Waals surface area contributed by atoms with Gasteiger partial charge in [0.1, 0.15) is 11.5 Å². The smallest absolute Gasteiger partial charge is 0.256 e. The molecule has 0 amide bonds. The largest absolute Gasteiger partial charge is 0.458 e. The second-order valence-electron chi connectivity index (χ2n) is 14.3. The highest BCUT2D eigenvalue weighted by atomic mass is 16.5. The Morgan fingerprint density at radius 2 is 1.27 bits per heavy atom. The second kappa shape index (κ2) is 8.77. The van der Waals surface area contributed by atoms with E-state index in [1.807, 2.05) is 44.7 Å². The van der Waals surface area contributed by atoms with Gasteiger partial charge in [0.15, 0.2) is 0 Å². The van der Waals surface area contributed by atoms with Crippen molar-refractivity contribution in [3.8, 4) is 11.5 Å².